The molecular formula is C20H14Cl2N2OS. The molecule has 0 N–H and O–H groups in total. The third-order valence-corrected chi connectivity index (χ3v) is 5.76. The maximum Gasteiger partial charge on any atom is 0.279 e. The number of hydrogen-bond donors (Lipinski definition) is 0. The minimum absolute atomic E-state index is 0.354. The van der Waals surface area contributed by atoms with Crippen LogP contribution in [-0.4, -0.2) is 10.5 Å². The van der Waals surface area contributed by atoms with Gasteiger partial charge in [-0.2, -0.15) is 4.99 Å². The number of nitrogens with zero attached hydrogens (tertiary/aromatic N) is 2. The summed E-state index contributed by atoms with van der Waals surface area (Å²) < 4.78 is 3.18. The van der Waals surface area contributed by atoms with Gasteiger partial charge in [-0.05, 0) is 36.6 Å². The first-order chi connectivity index (χ1) is 12.6. The van der Waals surface area contributed by atoms with Gasteiger partial charge in [0.05, 0.1) is 10.2 Å². The van der Waals surface area contributed by atoms with Gasteiger partial charge in [-0.25, -0.2) is 0 Å². The molecule has 0 aliphatic rings. The number of fused-ring (bicyclic) bond motifs is 3. The Morgan fingerprint density at radius 3 is 2.54 bits per heavy atom. The van der Waals surface area contributed by atoms with E-state index in [1.54, 1.807) is 18.2 Å². The maximum absolute atomic E-state index is 12.6. The smallest absolute Gasteiger partial charge is 0.279 e. The lowest BCUT2D eigenvalue weighted by Crippen LogP contribution is -2.15. The minimum atomic E-state index is -0.354. The third-order valence-electron chi connectivity index (χ3n) is 4.20. The summed E-state index contributed by atoms with van der Waals surface area (Å²) >= 11 is 13.5. The van der Waals surface area contributed by atoms with Crippen LogP contribution in [0.15, 0.2) is 59.6 Å². The lowest BCUT2D eigenvalue weighted by molar-refractivity contribution is 0.0998. The van der Waals surface area contributed by atoms with Crippen molar-refractivity contribution in [3.63, 3.8) is 0 Å². The van der Waals surface area contributed by atoms with Gasteiger partial charge >= 0.3 is 0 Å². The molecule has 0 aliphatic carbocycles. The molecule has 0 saturated heterocycles. The summed E-state index contributed by atoms with van der Waals surface area (Å²) in [5.74, 6) is -0.354. The summed E-state index contributed by atoms with van der Waals surface area (Å²) in [6.07, 6.45) is 0. The highest BCUT2D eigenvalue weighted by Crippen LogP contribution is 2.27. The molecule has 0 saturated carbocycles. The minimum Gasteiger partial charge on any atom is -0.317 e. The number of thiazole rings is 1. The van der Waals surface area contributed by atoms with Gasteiger partial charge in [0.25, 0.3) is 5.91 Å². The van der Waals surface area contributed by atoms with E-state index in [4.69, 9.17) is 23.2 Å². The number of rotatable bonds is 2. The van der Waals surface area contributed by atoms with Crippen LogP contribution in [0.5, 0.6) is 0 Å². The quantitative estimate of drug-likeness (QED) is 0.410. The summed E-state index contributed by atoms with van der Waals surface area (Å²) in [7, 11) is 0. The van der Waals surface area contributed by atoms with E-state index >= 15 is 0 Å². The zero-order chi connectivity index (χ0) is 18.3. The van der Waals surface area contributed by atoms with Crippen LogP contribution in [-0.2, 0) is 6.54 Å². The lowest BCUT2D eigenvalue weighted by atomic mass is 10.1. The van der Waals surface area contributed by atoms with Gasteiger partial charge in [0.15, 0.2) is 4.80 Å². The van der Waals surface area contributed by atoms with E-state index < -0.39 is 0 Å². The molecule has 3 aromatic carbocycles. The molecule has 0 bridgehead atoms. The number of aromatic nitrogens is 1. The summed E-state index contributed by atoms with van der Waals surface area (Å²) in [6.45, 7) is 2.77. The predicted octanol–water partition coefficient (Wildman–Crippen LogP) is 5.92. The van der Waals surface area contributed by atoms with Crippen molar-refractivity contribution in [1.29, 1.82) is 0 Å². The molecule has 26 heavy (non-hydrogen) atoms. The highest BCUT2D eigenvalue weighted by Gasteiger charge is 2.11. The van der Waals surface area contributed by atoms with Crippen LogP contribution in [0.3, 0.4) is 0 Å². The SMILES string of the molecule is CCn1c(=NC(=O)c2cc(Cl)cc(Cl)c2)sc2c3ccccc3ccc21. The Bertz CT molecular complexity index is 1200. The standard InChI is InChI=1S/C20H14Cl2N2OS/c1-2-24-17-8-7-12-5-3-4-6-16(12)18(17)26-20(24)23-19(25)13-9-14(21)11-15(22)10-13/h3-11H,2H2,1H3. The average molecular weight is 401 g/mol. The Morgan fingerprint density at radius 2 is 1.81 bits per heavy atom. The fourth-order valence-corrected chi connectivity index (χ4v) is 4.77. The Kier molecular flexibility index (Phi) is 4.57. The molecule has 0 spiro atoms. The van der Waals surface area contributed by atoms with E-state index in [9.17, 15) is 4.79 Å². The highest BCUT2D eigenvalue weighted by atomic mass is 35.5. The first kappa shape index (κ1) is 17.3. The van der Waals surface area contributed by atoms with Crippen LogP contribution in [0.4, 0.5) is 0 Å². The molecule has 1 aromatic heterocycles. The molecule has 0 aliphatic heterocycles. The van der Waals surface area contributed by atoms with Gasteiger partial charge in [0.2, 0.25) is 0 Å². The van der Waals surface area contributed by atoms with Crippen LogP contribution >= 0.6 is 34.5 Å². The average Bonchev–Trinajstić information content (AvgIpc) is 2.98. The molecule has 0 fully saturated rings. The van der Waals surface area contributed by atoms with Crippen LogP contribution in [0.1, 0.15) is 17.3 Å². The molecule has 130 valence electrons. The number of carbonyl (C=O) groups excluding carboxylic acids is 1. The summed E-state index contributed by atoms with van der Waals surface area (Å²) in [6, 6.07) is 17.2. The molecule has 1 heterocycles. The second kappa shape index (κ2) is 6.88. The number of aryl methyl sites for hydroxylation is 1. The van der Waals surface area contributed by atoms with Crippen LogP contribution in [0.2, 0.25) is 10.0 Å². The fraction of sp³-hybridized carbons (Fsp3) is 0.100. The number of benzene rings is 3. The molecule has 0 atom stereocenters. The Morgan fingerprint density at radius 1 is 1.08 bits per heavy atom. The van der Waals surface area contributed by atoms with Crippen molar-refractivity contribution in [1.82, 2.24) is 4.57 Å². The van der Waals surface area contributed by atoms with Crippen molar-refractivity contribution >= 4 is 61.4 Å². The Balaban J connectivity index is 1.94. The van der Waals surface area contributed by atoms with Crippen molar-refractivity contribution in [2.75, 3.05) is 0 Å². The predicted molar refractivity (Wildman–Crippen MR) is 109 cm³/mol. The summed E-state index contributed by atoms with van der Waals surface area (Å²) in [5, 5.41) is 3.17. The number of amides is 1. The highest BCUT2D eigenvalue weighted by molar-refractivity contribution is 7.17. The molecule has 3 nitrogen and oxygen atoms in total. The second-order valence-corrected chi connectivity index (χ2v) is 7.69. The van der Waals surface area contributed by atoms with Gasteiger partial charge in [0.1, 0.15) is 0 Å². The topological polar surface area (TPSA) is 34.4 Å². The van der Waals surface area contributed by atoms with Gasteiger partial charge in [0, 0.05) is 27.5 Å². The molecule has 6 heteroatoms. The van der Waals surface area contributed by atoms with Gasteiger partial charge in [-0.1, -0.05) is 64.9 Å². The monoisotopic (exact) mass is 400 g/mol. The normalized spacial score (nSPS) is 12.2. The fourth-order valence-electron chi connectivity index (χ4n) is 3.02. The third kappa shape index (κ3) is 3.05. The van der Waals surface area contributed by atoms with Gasteiger partial charge < -0.3 is 4.57 Å². The van der Waals surface area contributed by atoms with Crippen molar-refractivity contribution in [2.24, 2.45) is 4.99 Å². The molecule has 1 amide bonds. The molecule has 4 rings (SSSR count). The van der Waals surface area contributed by atoms with Crippen LogP contribution in [0, 0.1) is 0 Å². The zero-order valence-electron chi connectivity index (χ0n) is 13.9. The Hall–Kier alpha value is -2.14. The van der Waals surface area contributed by atoms with Crippen molar-refractivity contribution < 1.29 is 4.79 Å². The number of carbonyl (C=O) groups is 1. The maximum atomic E-state index is 12.6. The van der Waals surface area contributed by atoms with Crippen LogP contribution in [0.25, 0.3) is 21.0 Å². The van der Waals surface area contributed by atoms with E-state index in [1.807, 2.05) is 19.1 Å². The first-order valence-electron chi connectivity index (χ1n) is 8.13. The van der Waals surface area contributed by atoms with E-state index in [0.29, 0.717) is 20.4 Å². The van der Waals surface area contributed by atoms with Crippen molar-refractivity contribution in [3.8, 4) is 0 Å². The van der Waals surface area contributed by atoms with Crippen molar-refractivity contribution in [2.45, 2.75) is 13.5 Å². The zero-order valence-corrected chi connectivity index (χ0v) is 16.2. The molecular weight excluding hydrogens is 387 g/mol. The largest absolute Gasteiger partial charge is 0.317 e. The summed E-state index contributed by atoms with van der Waals surface area (Å²) in [4.78, 5) is 17.7. The van der Waals surface area contributed by atoms with Crippen LogP contribution < -0.4 is 4.80 Å². The first-order valence-corrected chi connectivity index (χ1v) is 9.70. The van der Waals surface area contributed by atoms with E-state index in [-0.39, 0.29) is 5.91 Å². The number of halogens is 2. The van der Waals surface area contributed by atoms with Gasteiger partial charge in [-0.3, -0.25) is 4.79 Å². The molecule has 0 radical (unpaired) electrons. The molecule has 0 unspecified atom stereocenters. The van der Waals surface area contributed by atoms with E-state index in [2.05, 4.69) is 33.8 Å². The number of hydrogen-bond acceptors (Lipinski definition) is 2. The second-order valence-electron chi connectivity index (χ2n) is 5.84. The Labute approximate surface area is 164 Å². The summed E-state index contributed by atoms with van der Waals surface area (Å²) in [5.41, 5.74) is 1.46. The molecule has 4 aromatic rings. The van der Waals surface area contributed by atoms with E-state index in [1.165, 1.54) is 16.7 Å². The van der Waals surface area contributed by atoms with Crippen molar-refractivity contribution in [3.05, 3.63) is 75.0 Å². The van der Waals surface area contributed by atoms with E-state index in [0.717, 1.165) is 22.1 Å². The van der Waals surface area contributed by atoms with Gasteiger partial charge in [-0.15, -0.1) is 0 Å². The lowest BCUT2D eigenvalue weighted by Gasteiger charge is -2.02.